The highest BCUT2D eigenvalue weighted by Gasteiger charge is 2.65. The van der Waals surface area contributed by atoms with Crippen LogP contribution < -0.4 is 0 Å². The number of hydrogen-bond donors (Lipinski definition) is 2. The monoisotopic (exact) mass is 314 g/mol. The van der Waals surface area contributed by atoms with E-state index >= 15 is 0 Å². The topological polar surface area (TPSA) is 37.3 Å². The summed E-state index contributed by atoms with van der Waals surface area (Å²) >= 11 is 3.66. The first-order chi connectivity index (χ1) is 8.07. The molecule has 0 aromatic rings. The second-order valence-electron chi connectivity index (χ2n) is 2.92. The fraction of sp³-hybridized carbons (Fsp3) is 0.625. The van der Waals surface area contributed by atoms with Gasteiger partial charge in [-0.25, -0.2) is 13.6 Å². The van der Waals surface area contributed by atoms with Crippen LogP contribution in [0.15, 0.2) is 11.0 Å². The minimum Gasteiger partial charge on any atom is -0.478 e. The molecule has 0 radical (unpaired) electrons. The summed E-state index contributed by atoms with van der Waals surface area (Å²) in [6.45, 7) is 0. The summed E-state index contributed by atoms with van der Waals surface area (Å²) in [5, 5.41) is 8.28. The maximum atomic E-state index is 13.2. The molecule has 10 heteroatoms. The van der Waals surface area contributed by atoms with E-state index in [9.17, 15) is 31.1 Å². The van der Waals surface area contributed by atoms with Crippen molar-refractivity contribution in [2.45, 2.75) is 18.3 Å². The minimum absolute atomic E-state index is 0.0159. The maximum absolute atomic E-state index is 13.2. The van der Waals surface area contributed by atoms with Crippen molar-refractivity contribution in [3.63, 3.8) is 0 Å². The van der Waals surface area contributed by atoms with E-state index in [0.717, 1.165) is 0 Å². The fourth-order valence-electron chi connectivity index (χ4n) is 0.792. The SMILES string of the molecule is O=C(O)/C=C(/SCCS)C(F)(F)C(F)(F)C(F)F. The number of carboxylic acid groups (broad SMARTS) is 1. The molecule has 1 N–H and O–H groups in total. The fourth-order valence-corrected chi connectivity index (χ4v) is 1.88. The van der Waals surface area contributed by atoms with E-state index < -0.39 is 29.1 Å². The minimum atomic E-state index is -5.64. The highest BCUT2D eigenvalue weighted by molar-refractivity contribution is 8.03. The molecule has 0 saturated heterocycles. The summed E-state index contributed by atoms with van der Waals surface area (Å²) in [4.78, 5) is 8.61. The molecule has 0 aliphatic carbocycles. The normalized spacial score (nSPS) is 14.1. The van der Waals surface area contributed by atoms with Crippen molar-refractivity contribution in [1.29, 1.82) is 0 Å². The zero-order valence-electron chi connectivity index (χ0n) is 8.55. The Morgan fingerprint density at radius 3 is 2.17 bits per heavy atom. The number of hydrogen-bond acceptors (Lipinski definition) is 3. The molecule has 0 heterocycles. The lowest BCUT2D eigenvalue weighted by Gasteiger charge is -2.27. The smallest absolute Gasteiger partial charge is 0.374 e. The quantitative estimate of drug-likeness (QED) is 0.431. The summed E-state index contributed by atoms with van der Waals surface area (Å²) in [6.07, 6.45) is -4.81. The third-order valence-corrected chi connectivity index (χ3v) is 3.23. The molecule has 0 amide bonds. The summed E-state index contributed by atoms with van der Waals surface area (Å²) < 4.78 is 75.6. The van der Waals surface area contributed by atoms with Crippen LogP contribution in [0.3, 0.4) is 0 Å². The van der Waals surface area contributed by atoms with Crippen LogP contribution in [-0.4, -0.2) is 40.9 Å². The first kappa shape index (κ1) is 17.5. The van der Waals surface area contributed by atoms with Crippen molar-refractivity contribution in [2.24, 2.45) is 0 Å². The van der Waals surface area contributed by atoms with Crippen LogP contribution in [0, 0.1) is 0 Å². The van der Waals surface area contributed by atoms with Crippen molar-refractivity contribution in [2.75, 3.05) is 11.5 Å². The highest BCUT2D eigenvalue weighted by atomic mass is 32.2. The lowest BCUT2D eigenvalue weighted by atomic mass is 10.1. The first-order valence-corrected chi connectivity index (χ1v) is 5.91. The zero-order valence-corrected chi connectivity index (χ0v) is 10.3. The Kier molecular flexibility index (Phi) is 6.41. The molecule has 0 rings (SSSR count). The number of halogens is 6. The Labute approximate surface area is 108 Å². The number of thiol groups is 1. The molecular formula is C8H8F6O2S2. The van der Waals surface area contributed by atoms with Gasteiger partial charge in [-0.1, -0.05) is 0 Å². The zero-order chi connectivity index (χ0) is 14.6. The van der Waals surface area contributed by atoms with Gasteiger partial charge in [0.2, 0.25) is 0 Å². The van der Waals surface area contributed by atoms with Gasteiger partial charge in [-0.2, -0.15) is 30.2 Å². The molecule has 0 aliphatic heterocycles. The van der Waals surface area contributed by atoms with Crippen LogP contribution in [0.25, 0.3) is 0 Å². The van der Waals surface area contributed by atoms with Crippen molar-refractivity contribution >= 4 is 30.4 Å². The molecule has 2 nitrogen and oxygen atoms in total. The van der Waals surface area contributed by atoms with Crippen molar-refractivity contribution in [3.8, 4) is 0 Å². The van der Waals surface area contributed by atoms with Gasteiger partial charge in [0.05, 0.1) is 4.91 Å². The van der Waals surface area contributed by atoms with E-state index in [1.54, 1.807) is 0 Å². The summed E-state index contributed by atoms with van der Waals surface area (Å²) in [5.41, 5.74) is 0. The standard InChI is InChI=1S/C8H8F6O2S2/c9-6(10)8(13,14)7(11,12)4(3-5(15)16)18-2-1-17/h3,6,17H,1-2H2,(H,15,16)/b4-3+. The highest BCUT2D eigenvalue weighted by Crippen LogP contribution is 2.47. The van der Waals surface area contributed by atoms with Gasteiger partial charge in [-0.3, -0.25) is 0 Å². The Balaban J connectivity index is 5.39. The van der Waals surface area contributed by atoms with Crippen LogP contribution in [0.2, 0.25) is 0 Å². The van der Waals surface area contributed by atoms with Crippen LogP contribution in [0.5, 0.6) is 0 Å². The Morgan fingerprint density at radius 2 is 1.83 bits per heavy atom. The molecular weight excluding hydrogens is 306 g/mol. The second kappa shape index (κ2) is 6.60. The molecule has 0 unspecified atom stereocenters. The molecule has 0 aromatic heterocycles. The van der Waals surface area contributed by atoms with Gasteiger partial charge in [0, 0.05) is 11.8 Å². The van der Waals surface area contributed by atoms with Crippen molar-refractivity contribution < 1.29 is 36.2 Å². The molecule has 106 valence electrons. The summed E-state index contributed by atoms with van der Waals surface area (Å²) in [6, 6.07) is 0. The third kappa shape index (κ3) is 4.01. The van der Waals surface area contributed by atoms with Gasteiger partial charge in [0.25, 0.3) is 0 Å². The lowest BCUT2D eigenvalue weighted by molar-refractivity contribution is -0.243. The second-order valence-corrected chi connectivity index (χ2v) is 4.50. The van der Waals surface area contributed by atoms with E-state index in [1.807, 2.05) is 0 Å². The average molecular weight is 314 g/mol. The van der Waals surface area contributed by atoms with Gasteiger partial charge in [-0.05, 0) is 5.75 Å². The molecule has 0 fully saturated rings. The molecule has 0 spiro atoms. The van der Waals surface area contributed by atoms with E-state index in [2.05, 4.69) is 12.6 Å². The van der Waals surface area contributed by atoms with Crippen LogP contribution in [0.1, 0.15) is 0 Å². The van der Waals surface area contributed by atoms with Crippen molar-refractivity contribution in [3.05, 3.63) is 11.0 Å². The van der Waals surface area contributed by atoms with E-state index in [-0.39, 0.29) is 29.3 Å². The van der Waals surface area contributed by atoms with Gasteiger partial charge in [0.15, 0.2) is 0 Å². The average Bonchev–Trinajstić information content (AvgIpc) is 2.22. The van der Waals surface area contributed by atoms with E-state index in [0.29, 0.717) is 0 Å². The van der Waals surface area contributed by atoms with Gasteiger partial charge in [0.1, 0.15) is 0 Å². The maximum Gasteiger partial charge on any atom is 0.374 e. The number of carboxylic acids is 1. The predicted octanol–water partition coefficient (Wildman–Crippen LogP) is 3.15. The first-order valence-electron chi connectivity index (χ1n) is 4.30. The Bertz CT molecular complexity index is 332. The molecule has 0 aliphatic rings. The largest absolute Gasteiger partial charge is 0.478 e. The summed E-state index contributed by atoms with van der Waals surface area (Å²) in [7, 11) is 0. The van der Waals surface area contributed by atoms with Gasteiger partial charge < -0.3 is 5.11 Å². The Hall–Kier alpha value is -0.510. The predicted molar refractivity (Wildman–Crippen MR) is 57.9 cm³/mol. The molecule has 0 atom stereocenters. The molecule has 0 aromatic carbocycles. The van der Waals surface area contributed by atoms with Crippen LogP contribution in [-0.2, 0) is 4.79 Å². The molecule has 18 heavy (non-hydrogen) atoms. The van der Waals surface area contributed by atoms with Gasteiger partial charge >= 0.3 is 24.2 Å². The van der Waals surface area contributed by atoms with Crippen LogP contribution in [0.4, 0.5) is 26.3 Å². The number of alkyl halides is 6. The number of allylic oxidation sites excluding steroid dienone is 1. The summed E-state index contributed by atoms with van der Waals surface area (Å²) in [5.74, 6) is -13.1. The number of aliphatic carboxylic acids is 1. The Morgan fingerprint density at radius 1 is 1.33 bits per heavy atom. The molecule has 0 saturated carbocycles. The number of rotatable bonds is 7. The molecule has 0 bridgehead atoms. The van der Waals surface area contributed by atoms with Crippen LogP contribution >= 0.6 is 24.4 Å². The third-order valence-electron chi connectivity index (χ3n) is 1.61. The number of carbonyl (C=O) groups is 1. The number of thioether (sulfide) groups is 1. The van der Waals surface area contributed by atoms with E-state index in [1.165, 1.54) is 0 Å². The lowest BCUT2D eigenvalue weighted by Crippen LogP contribution is -2.47. The van der Waals surface area contributed by atoms with Crippen molar-refractivity contribution in [1.82, 2.24) is 0 Å². The van der Waals surface area contributed by atoms with Gasteiger partial charge in [-0.15, -0.1) is 11.8 Å². The van der Waals surface area contributed by atoms with E-state index in [4.69, 9.17) is 5.11 Å².